The Kier molecular flexibility index (Phi) is 5.68. The van der Waals surface area contributed by atoms with Gasteiger partial charge in [-0.05, 0) is 59.6 Å². The number of carbonyl (C=O) groups excluding carboxylic acids is 1. The Hall–Kier alpha value is -2.17. The SMILES string of the molecule is CCOC(=O)c1ccc(-c2ccc(S(=O)(=O)Nc3onc(C)c3Br)s2)cc1. The summed E-state index contributed by atoms with van der Waals surface area (Å²) in [5, 5.41) is 3.70. The molecule has 2 aromatic heterocycles. The Morgan fingerprint density at radius 3 is 2.56 bits per heavy atom. The van der Waals surface area contributed by atoms with Crippen LogP contribution in [0, 0.1) is 6.92 Å². The zero-order valence-electron chi connectivity index (χ0n) is 14.4. The Labute approximate surface area is 168 Å². The molecule has 0 saturated heterocycles. The maximum atomic E-state index is 12.6. The van der Waals surface area contributed by atoms with E-state index in [1.165, 1.54) is 6.07 Å². The third-order valence-electron chi connectivity index (χ3n) is 3.54. The van der Waals surface area contributed by atoms with Crippen molar-refractivity contribution in [3.05, 3.63) is 52.1 Å². The van der Waals surface area contributed by atoms with E-state index in [9.17, 15) is 13.2 Å². The molecule has 2 heterocycles. The fourth-order valence-electron chi connectivity index (χ4n) is 2.20. The van der Waals surface area contributed by atoms with Gasteiger partial charge in [0.25, 0.3) is 15.9 Å². The number of anilines is 1. The smallest absolute Gasteiger partial charge is 0.338 e. The number of aromatic nitrogens is 1. The lowest BCUT2D eigenvalue weighted by atomic mass is 10.1. The van der Waals surface area contributed by atoms with Crippen LogP contribution in [-0.4, -0.2) is 26.2 Å². The number of sulfonamides is 1. The first kappa shape index (κ1) is 19.6. The Morgan fingerprint density at radius 1 is 1.26 bits per heavy atom. The van der Waals surface area contributed by atoms with Crippen LogP contribution in [0.25, 0.3) is 10.4 Å². The molecular formula is C17H15BrN2O5S2. The summed E-state index contributed by atoms with van der Waals surface area (Å²) in [5.74, 6) is -0.364. The van der Waals surface area contributed by atoms with E-state index >= 15 is 0 Å². The zero-order chi connectivity index (χ0) is 19.6. The number of esters is 1. The van der Waals surface area contributed by atoms with Gasteiger partial charge in [-0.2, -0.15) is 0 Å². The molecular weight excluding hydrogens is 456 g/mol. The molecule has 1 N–H and O–H groups in total. The van der Waals surface area contributed by atoms with Crippen LogP contribution in [0.4, 0.5) is 5.88 Å². The van der Waals surface area contributed by atoms with Crippen molar-refractivity contribution in [1.29, 1.82) is 0 Å². The van der Waals surface area contributed by atoms with Crippen LogP contribution < -0.4 is 4.72 Å². The monoisotopic (exact) mass is 470 g/mol. The first-order chi connectivity index (χ1) is 12.8. The molecule has 0 fully saturated rings. The Balaban J connectivity index is 1.81. The van der Waals surface area contributed by atoms with Crippen molar-refractivity contribution in [3.63, 3.8) is 0 Å². The van der Waals surface area contributed by atoms with Gasteiger partial charge in [-0.15, -0.1) is 11.3 Å². The second kappa shape index (κ2) is 7.83. The summed E-state index contributed by atoms with van der Waals surface area (Å²) in [4.78, 5) is 12.5. The van der Waals surface area contributed by atoms with Gasteiger partial charge in [0.05, 0.1) is 17.9 Å². The van der Waals surface area contributed by atoms with Gasteiger partial charge in [0.15, 0.2) is 0 Å². The normalized spacial score (nSPS) is 11.4. The maximum absolute atomic E-state index is 12.6. The van der Waals surface area contributed by atoms with Crippen molar-refractivity contribution in [1.82, 2.24) is 5.16 Å². The summed E-state index contributed by atoms with van der Waals surface area (Å²) < 4.78 is 38.0. The molecule has 0 radical (unpaired) electrons. The first-order valence-corrected chi connectivity index (χ1v) is 10.9. The third-order valence-corrected chi connectivity index (χ3v) is 7.44. The summed E-state index contributed by atoms with van der Waals surface area (Å²) in [7, 11) is -3.81. The number of carbonyl (C=O) groups is 1. The van der Waals surface area contributed by atoms with E-state index in [-0.39, 0.29) is 10.1 Å². The molecule has 1 aromatic carbocycles. The standard InChI is InChI=1S/C17H15BrN2O5S2/c1-3-24-17(21)12-6-4-11(5-7-12)13-8-9-14(26-13)27(22,23)20-16-15(18)10(2)19-25-16/h4-9,20H,3H2,1-2H3. The molecule has 10 heteroatoms. The van der Waals surface area contributed by atoms with E-state index in [0.29, 0.717) is 22.3 Å². The van der Waals surface area contributed by atoms with Crippen molar-refractivity contribution in [2.24, 2.45) is 0 Å². The molecule has 0 spiro atoms. The Bertz CT molecular complexity index is 1070. The minimum Gasteiger partial charge on any atom is -0.462 e. The quantitative estimate of drug-likeness (QED) is 0.534. The van der Waals surface area contributed by atoms with Crippen LogP contribution in [0.5, 0.6) is 0 Å². The van der Waals surface area contributed by atoms with E-state index in [4.69, 9.17) is 9.26 Å². The van der Waals surface area contributed by atoms with Crippen molar-refractivity contribution in [3.8, 4) is 10.4 Å². The van der Waals surface area contributed by atoms with Gasteiger partial charge >= 0.3 is 5.97 Å². The molecule has 27 heavy (non-hydrogen) atoms. The summed E-state index contributed by atoms with van der Waals surface area (Å²) in [5.41, 5.74) is 1.78. The van der Waals surface area contributed by atoms with Crippen molar-refractivity contribution in [2.75, 3.05) is 11.3 Å². The highest BCUT2D eigenvalue weighted by molar-refractivity contribution is 9.10. The van der Waals surface area contributed by atoms with Crippen LogP contribution in [0.3, 0.4) is 0 Å². The van der Waals surface area contributed by atoms with Crippen LogP contribution in [0.2, 0.25) is 0 Å². The van der Waals surface area contributed by atoms with Gasteiger partial charge in [0, 0.05) is 4.88 Å². The number of halogens is 1. The number of aryl methyl sites for hydroxylation is 1. The van der Waals surface area contributed by atoms with Gasteiger partial charge in [-0.1, -0.05) is 17.3 Å². The van der Waals surface area contributed by atoms with Crippen LogP contribution in [0.15, 0.2) is 49.6 Å². The highest BCUT2D eigenvalue weighted by Crippen LogP contribution is 2.33. The van der Waals surface area contributed by atoms with Crippen molar-refractivity contribution < 1.29 is 22.5 Å². The fourth-order valence-corrected chi connectivity index (χ4v) is 4.88. The summed E-state index contributed by atoms with van der Waals surface area (Å²) in [6.45, 7) is 3.74. The predicted molar refractivity (Wildman–Crippen MR) is 105 cm³/mol. The van der Waals surface area contributed by atoms with Crippen LogP contribution >= 0.6 is 27.3 Å². The van der Waals surface area contributed by atoms with E-state index in [1.807, 2.05) is 0 Å². The van der Waals surface area contributed by atoms with Crippen LogP contribution in [-0.2, 0) is 14.8 Å². The molecule has 142 valence electrons. The van der Waals surface area contributed by atoms with Gasteiger partial charge in [0.1, 0.15) is 8.68 Å². The molecule has 0 amide bonds. The molecule has 0 bridgehead atoms. The Morgan fingerprint density at radius 2 is 1.96 bits per heavy atom. The van der Waals surface area contributed by atoms with Crippen molar-refractivity contribution in [2.45, 2.75) is 18.1 Å². The number of thiophene rings is 1. The second-order valence-corrected chi connectivity index (χ2v) is 9.22. The van der Waals surface area contributed by atoms with Gasteiger partial charge in [-0.3, -0.25) is 0 Å². The van der Waals surface area contributed by atoms with E-state index in [2.05, 4.69) is 25.8 Å². The lowest BCUT2D eigenvalue weighted by Crippen LogP contribution is -2.11. The average molecular weight is 471 g/mol. The minimum absolute atomic E-state index is 0.0289. The second-order valence-electron chi connectivity index (χ2n) is 5.43. The summed E-state index contributed by atoms with van der Waals surface area (Å²) in [6.07, 6.45) is 0. The van der Waals surface area contributed by atoms with Crippen molar-refractivity contribution >= 4 is 49.1 Å². The fraction of sp³-hybridized carbons (Fsp3) is 0.176. The first-order valence-electron chi connectivity index (χ1n) is 7.84. The van der Waals surface area contributed by atoms with Gasteiger partial charge in [-0.25, -0.2) is 17.9 Å². The molecule has 0 aliphatic carbocycles. The zero-order valence-corrected chi connectivity index (χ0v) is 17.6. The highest BCUT2D eigenvalue weighted by atomic mass is 79.9. The highest BCUT2D eigenvalue weighted by Gasteiger charge is 2.22. The summed E-state index contributed by atoms with van der Waals surface area (Å²) in [6, 6.07) is 10.0. The lowest BCUT2D eigenvalue weighted by molar-refractivity contribution is 0.0526. The van der Waals surface area contributed by atoms with Crippen LogP contribution in [0.1, 0.15) is 23.0 Å². The molecule has 0 atom stereocenters. The molecule has 0 aliphatic heterocycles. The third kappa shape index (κ3) is 4.23. The maximum Gasteiger partial charge on any atom is 0.338 e. The van der Waals surface area contributed by atoms with E-state index < -0.39 is 16.0 Å². The minimum atomic E-state index is -3.81. The number of hydrogen-bond acceptors (Lipinski definition) is 7. The topological polar surface area (TPSA) is 98.5 Å². The van der Waals surface area contributed by atoms with Gasteiger partial charge in [0.2, 0.25) is 0 Å². The van der Waals surface area contributed by atoms with Gasteiger partial charge < -0.3 is 9.26 Å². The number of benzene rings is 1. The lowest BCUT2D eigenvalue weighted by Gasteiger charge is -2.03. The number of rotatable bonds is 6. The number of hydrogen-bond donors (Lipinski definition) is 1. The number of nitrogens with zero attached hydrogens (tertiary/aromatic N) is 1. The number of ether oxygens (including phenoxy) is 1. The molecule has 7 nitrogen and oxygen atoms in total. The van der Waals surface area contributed by atoms with E-state index in [1.54, 1.807) is 44.2 Å². The summed E-state index contributed by atoms with van der Waals surface area (Å²) >= 11 is 4.33. The average Bonchev–Trinajstić information content (AvgIpc) is 3.26. The largest absolute Gasteiger partial charge is 0.462 e. The molecule has 0 unspecified atom stereocenters. The molecule has 0 saturated carbocycles. The molecule has 0 aliphatic rings. The molecule has 3 rings (SSSR count). The number of nitrogens with one attached hydrogen (secondary N) is 1. The molecule has 3 aromatic rings. The predicted octanol–water partition coefficient (Wildman–Crippen LogP) is 4.45. The van der Waals surface area contributed by atoms with E-state index in [0.717, 1.165) is 21.8 Å².